The summed E-state index contributed by atoms with van der Waals surface area (Å²) < 4.78 is 5.39. The van der Waals surface area contributed by atoms with E-state index in [1.165, 1.54) is 25.7 Å². The number of amides is 1. The number of ether oxygens (including phenoxy) is 1. The van der Waals surface area contributed by atoms with Gasteiger partial charge in [-0.3, -0.25) is 4.79 Å². The monoisotopic (exact) mass is 280 g/mol. The second-order valence-electron chi connectivity index (χ2n) is 6.97. The van der Waals surface area contributed by atoms with Gasteiger partial charge in [0.2, 0.25) is 5.91 Å². The van der Waals surface area contributed by atoms with E-state index in [1.807, 2.05) is 11.9 Å². The van der Waals surface area contributed by atoms with Gasteiger partial charge in [0.1, 0.15) is 0 Å². The van der Waals surface area contributed by atoms with Gasteiger partial charge < -0.3 is 15.0 Å². The van der Waals surface area contributed by atoms with Gasteiger partial charge in [0.05, 0.1) is 0 Å². The maximum atomic E-state index is 12.5. The summed E-state index contributed by atoms with van der Waals surface area (Å²) in [5.74, 6) is 1.48. The first-order valence-corrected chi connectivity index (χ1v) is 8.25. The molecule has 3 aliphatic rings. The topological polar surface area (TPSA) is 41.6 Å². The zero-order chi connectivity index (χ0) is 14.0. The molecule has 0 aromatic rings. The van der Waals surface area contributed by atoms with Crippen LogP contribution in [0.5, 0.6) is 0 Å². The molecule has 2 aliphatic heterocycles. The van der Waals surface area contributed by atoms with Crippen molar-refractivity contribution in [1.29, 1.82) is 0 Å². The number of carbonyl (C=O) groups excluding carboxylic acids is 1. The minimum Gasteiger partial charge on any atom is -0.381 e. The molecule has 3 rings (SSSR count). The van der Waals surface area contributed by atoms with Gasteiger partial charge in [-0.25, -0.2) is 0 Å². The SMILES string of the molecule is CN(CCC1CCOCC1)C(=O)C1CC12CCNCC2. The third-order valence-corrected chi connectivity index (χ3v) is 5.68. The Morgan fingerprint density at radius 2 is 2.00 bits per heavy atom. The first kappa shape index (κ1) is 14.3. The molecule has 114 valence electrons. The van der Waals surface area contributed by atoms with Crippen molar-refractivity contribution < 1.29 is 9.53 Å². The van der Waals surface area contributed by atoms with Gasteiger partial charge in [-0.1, -0.05) is 0 Å². The Morgan fingerprint density at radius 1 is 1.30 bits per heavy atom. The highest BCUT2D eigenvalue weighted by molar-refractivity contribution is 5.82. The Morgan fingerprint density at radius 3 is 2.70 bits per heavy atom. The van der Waals surface area contributed by atoms with Gasteiger partial charge in [0, 0.05) is 32.7 Å². The van der Waals surface area contributed by atoms with Crippen molar-refractivity contribution in [2.45, 2.75) is 38.5 Å². The van der Waals surface area contributed by atoms with Crippen LogP contribution >= 0.6 is 0 Å². The summed E-state index contributed by atoms with van der Waals surface area (Å²) in [6.07, 6.45) is 7.00. The van der Waals surface area contributed by atoms with Crippen molar-refractivity contribution >= 4 is 5.91 Å². The molecule has 1 spiro atoms. The van der Waals surface area contributed by atoms with E-state index >= 15 is 0 Å². The molecule has 1 saturated carbocycles. The van der Waals surface area contributed by atoms with Crippen LogP contribution in [0.15, 0.2) is 0 Å². The first-order chi connectivity index (χ1) is 9.71. The van der Waals surface area contributed by atoms with Gasteiger partial charge in [-0.05, 0) is 62.9 Å². The predicted molar refractivity (Wildman–Crippen MR) is 78.4 cm³/mol. The number of piperidine rings is 1. The maximum absolute atomic E-state index is 12.5. The summed E-state index contributed by atoms with van der Waals surface area (Å²) >= 11 is 0. The van der Waals surface area contributed by atoms with Crippen LogP contribution in [0.25, 0.3) is 0 Å². The second kappa shape index (κ2) is 6.02. The molecular formula is C16H28N2O2. The standard InChI is InChI=1S/C16H28N2O2/c1-18(9-2-13-3-10-20-11-4-13)15(19)14-12-16(14)5-7-17-8-6-16/h13-14,17H,2-12H2,1H3. The molecule has 0 aromatic carbocycles. The van der Waals surface area contributed by atoms with E-state index in [0.29, 0.717) is 17.2 Å². The summed E-state index contributed by atoms with van der Waals surface area (Å²) in [6.45, 7) is 4.92. The van der Waals surface area contributed by atoms with Gasteiger partial charge >= 0.3 is 0 Å². The van der Waals surface area contributed by atoms with Gasteiger partial charge in [-0.2, -0.15) is 0 Å². The lowest BCUT2D eigenvalue weighted by Gasteiger charge is -2.27. The van der Waals surface area contributed by atoms with Crippen LogP contribution in [0.2, 0.25) is 0 Å². The highest BCUT2D eigenvalue weighted by Gasteiger charge is 2.58. The molecular weight excluding hydrogens is 252 g/mol. The number of nitrogens with zero attached hydrogens (tertiary/aromatic N) is 1. The number of hydrogen-bond acceptors (Lipinski definition) is 3. The quantitative estimate of drug-likeness (QED) is 0.851. The minimum absolute atomic E-state index is 0.323. The van der Waals surface area contributed by atoms with E-state index in [1.54, 1.807) is 0 Å². The third-order valence-electron chi connectivity index (χ3n) is 5.68. The van der Waals surface area contributed by atoms with Gasteiger partial charge in [0.15, 0.2) is 0 Å². The molecule has 1 N–H and O–H groups in total. The van der Waals surface area contributed by atoms with Crippen molar-refractivity contribution in [3.8, 4) is 0 Å². The van der Waals surface area contributed by atoms with Gasteiger partial charge in [-0.15, -0.1) is 0 Å². The number of nitrogens with one attached hydrogen (secondary N) is 1. The molecule has 1 unspecified atom stereocenters. The van der Waals surface area contributed by atoms with E-state index in [2.05, 4.69) is 5.32 Å². The Kier molecular flexibility index (Phi) is 4.32. The fraction of sp³-hybridized carbons (Fsp3) is 0.938. The Hall–Kier alpha value is -0.610. The van der Waals surface area contributed by atoms with Crippen molar-refractivity contribution in [3.05, 3.63) is 0 Å². The van der Waals surface area contributed by atoms with E-state index in [9.17, 15) is 4.79 Å². The molecule has 1 amide bonds. The van der Waals surface area contributed by atoms with Crippen LogP contribution in [-0.4, -0.2) is 50.7 Å². The maximum Gasteiger partial charge on any atom is 0.226 e. The molecule has 1 atom stereocenters. The van der Waals surface area contributed by atoms with Crippen molar-refractivity contribution in [2.75, 3.05) is 39.9 Å². The molecule has 2 saturated heterocycles. The van der Waals surface area contributed by atoms with E-state index in [-0.39, 0.29) is 0 Å². The lowest BCUT2D eigenvalue weighted by atomic mass is 9.91. The minimum atomic E-state index is 0.323. The van der Waals surface area contributed by atoms with Crippen LogP contribution in [0.3, 0.4) is 0 Å². The van der Waals surface area contributed by atoms with Crippen LogP contribution in [0.1, 0.15) is 38.5 Å². The number of carbonyl (C=O) groups is 1. The zero-order valence-corrected chi connectivity index (χ0v) is 12.7. The van der Waals surface area contributed by atoms with Crippen molar-refractivity contribution in [1.82, 2.24) is 10.2 Å². The fourth-order valence-corrected chi connectivity index (χ4v) is 3.96. The molecule has 0 bridgehead atoms. The lowest BCUT2D eigenvalue weighted by Crippen LogP contribution is -2.35. The Labute approximate surface area is 122 Å². The highest BCUT2D eigenvalue weighted by Crippen LogP contribution is 2.59. The average Bonchev–Trinajstić information content (AvgIpc) is 3.19. The second-order valence-corrected chi connectivity index (χ2v) is 6.97. The summed E-state index contributed by atoms with van der Waals surface area (Å²) in [5.41, 5.74) is 0.370. The third kappa shape index (κ3) is 3.01. The van der Waals surface area contributed by atoms with Crippen molar-refractivity contribution in [3.63, 3.8) is 0 Å². The molecule has 0 radical (unpaired) electrons. The van der Waals surface area contributed by atoms with E-state index in [4.69, 9.17) is 4.74 Å². The lowest BCUT2D eigenvalue weighted by molar-refractivity contribution is -0.132. The molecule has 20 heavy (non-hydrogen) atoms. The molecule has 1 aliphatic carbocycles. The predicted octanol–water partition coefficient (Wildman–Crippen LogP) is 1.65. The summed E-state index contributed by atoms with van der Waals surface area (Å²) in [6, 6.07) is 0. The molecule has 3 fully saturated rings. The van der Waals surface area contributed by atoms with Crippen LogP contribution < -0.4 is 5.32 Å². The highest BCUT2D eigenvalue weighted by atomic mass is 16.5. The molecule has 2 heterocycles. The fourth-order valence-electron chi connectivity index (χ4n) is 3.96. The summed E-state index contributed by atoms with van der Waals surface area (Å²) in [4.78, 5) is 14.5. The molecule has 4 heteroatoms. The molecule has 0 aromatic heterocycles. The summed E-state index contributed by atoms with van der Waals surface area (Å²) in [7, 11) is 1.99. The summed E-state index contributed by atoms with van der Waals surface area (Å²) in [5, 5.41) is 3.40. The Balaban J connectivity index is 1.43. The number of hydrogen-bond donors (Lipinski definition) is 1. The normalized spacial score (nSPS) is 29.4. The van der Waals surface area contributed by atoms with Crippen LogP contribution in [0, 0.1) is 17.3 Å². The van der Waals surface area contributed by atoms with E-state index < -0.39 is 0 Å². The molecule has 4 nitrogen and oxygen atoms in total. The largest absolute Gasteiger partial charge is 0.381 e. The van der Waals surface area contributed by atoms with Gasteiger partial charge in [0.25, 0.3) is 0 Å². The Bertz CT molecular complexity index is 346. The smallest absolute Gasteiger partial charge is 0.226 e. The van der Waals surface area contributed by atoms with Crippen LogP contribution in [-0.2, 0) is 9.53 Å². The average molecular weight is 280 g/mol. The van der Waals surface area contributed by atoms with Crippen molar-refractivity contribution in [2.24, 2.45) is 17.3 Å². The zero-order valence-electron chi connectivity index (χ0n) is 12.7. The first-order valence-electron chi connectivity index (χ1n) is 8.25. The number of rotatable bonds is 4. The van der Waals surface area contributed by atoms with Crippen LogP contribution in [0.4, 0.5) is 0 Å². The van der Waals surface area contributed by atoms with E-state index in [0.717, 1.165) is 51.6 Å².